The van der Waals surface area contributed by atoms with Crippen molar-refractivity contribution in [2.24, 2.45) is 0 Å². The number of benzene rings is 2. The summed E-state index contributed by atoms with van der Waals surface area (Å²) < 4.78 is 26.5. The van der Waals surface area contributed by atoms with E-state index in [1.54, 1.807) is 36.5 Å². The Labute approximate surface area is 175 Å². The molecular weight excluding hydrogens is 405 g/mol. The Morgan fingerprint density at radius 2 is 1.93 bits per heavy atom. The number of rotatable bonds is 4. The standard InChI is InChI=1S/C22H16FN3O3S/c23-15-7-5-10-19-20(15)25-22(30-19)26(12-14-6-3-4-11-24-14)21(27)18-13-28-16-8-1-2-9-17(16)29-18/h1-11,18H,12-13H2. The van der Waals surface area contributed by atoms with Crippen LogP contribution in [0.15, 0.2) is 66.9 Å². The Kier molecular flexibility index (Phi) is 4.76. The van der Waals surface area contributed by atoms with Crippen molar-refractivity contribution in [3.8, 4) is 11.5 Å². The van der Waals surface area contributed by atoms with E-state index in [-0.39, 0.29) is 24.6 Å². The number of aromatic nitrogens is 2. The highest BCUT2D eigenvalue weighted by Crippen LogP contribution is 2.34. The quantitative estimate of drug-likeness (QED) is 0.494. The summed E-state index contributed by atoms with van der Waals surface area (Å²) in [4.78, 5) is 23.6. The molecule has 6 nitrogen and oxygen atoms in total. The number of thiazole rings is 1. The number of carbonyl (C=O) groups excluding carboxylic acids is 1. The summed E-state index contributed by atoms with van der Waals surface area (Å²) in [5.41, 5.74) is 0.921. The second kappa shape index (κ2) is 7.72. The number of carbonyl (C=O) groups is 1. The summed E-state index contributed by atoms with van der Waals surface area (Å²) in [5.74, 6) is 0.358. The number of ether oxygens (including phenoxy) is 2. The maximum Gasteiger partial charge on any atom is 0.273 e. The van der Waals surface area contributed by atoms with Crippen molar-refractivity contribution in [3.63, 3.8) is 0 Å². The van der Waals surface area contributed by atoms with Gasteiger partial charge in [0.15, 0.2) is 16.6 Å². The molecule has 0 saturated carbocycles. The van der Waals surface area contributed by atoms with Crippen molar-refractivity contribution in [2.75, 3.05) is 11.5 Å². The molecule has 0 N–H and O–H groups in total. The first kappa shape index (κ1) is 18.5. The van der Waals surface area contributed by atoms with Gasteiger partial charge in [-0.1, -0.05) is 35.6 Å². The molecule has 30 heavy (non-hydrogen) atoms. The molecule has 0 saturated heterocycles. The molecule has 0 spiro atoms. The molecule has 150 valence electrons. The van der Waals surface area contributed by atoms with Gasteiger partial charge in [-0.25, -0.2) is 9.37 Å². The predicted molar refractivity (Wildman–Crippen MR) is 111 cm³/mol. The molecule has 0 radical (unpaired) electrons. The van der Waals surface area contributed by atoms with Gasteiger partial charge in [-0.2, -0.15) is 0 Å². The number of hydrogen-bond donors (Lipinski definition) is 0. The van der Waals surface area contributed by atoms with Crippen molar-refractivity contribution >= 4 is 32.6 Å². The van der Waals surface area contributed by atoms with Gasteiger partial charge in [0, 0.05) is 6.20 Å². The summed E-state index contributed by atoms with van der Waals surface area (Å²) in [6.07, 6.45) is 0.812. The van der Waals surface area contributed by atoms with Gasteiger partial charge in [-0.15, -0.1) is 0 Å². The monoisotopic (exact) mass is 421 g/mol. The number of nitrogens with zero attached hydrogens (tertiary/aromatic N) is 3. The zero-order valence-corrected chi connectivity index (χ0v) is 16.5. The van der Waals surface area contributed by atoms with Crippen molar-refractivity contribution in [3.05, 3.63) is 78.4 Å². The van der Waals surface area contributed by atoms with E-state index < -0.39 is 11.9 Å². The van der Waals surface area contributed by atoms with Crippen molar-refractivity contribution in [2.45, 2.75) is 12.6 Å². The van der Waals surface area contributed by atoms with Gasteiger partial charge in [0.2, 0.25) is 6.10 Å². The largest absolute Gasteiger partial charge is 0.485 e. The fraction of sp³-hybridized carbons (Fsp3) is 0.136. The topological polar surface area (TPSA) is 64.6 Å². The van der Waals surface area contributed by atoms with E-state index in [9.17, 15) is 9.18 Å². The van der Waals surface area contributed by atoms with Crippen LogP contribution in [0, 0.1) is 5.82 Å². The van der Waals surface area contributed by atoms with Crippen molar-refractivity contribution < 1.29 is 18.7 Å². The molecule has 0 aliphatic carbocycles. The third-order valence-corrected chi connectivity index (χ3v) is 5.73. The van der Waals surface area contributed by atoms with E-state index in [1.165, 1.54) is 22.3 Å². The van der Waals surface area contributed by atoms with Crippen LogP contribution in [0.1, 0.15) is 5.69 Å². The van der Waals surface area contributed by atoms with E-state index in [1.807, 2.05) is 24.3 Å². The average Bonchev–Trinajstić information content (AvgIpc) is 3.23. The molecule has 2 aromatic carbocycles. The Balaban J connectivity index is 1.50. The first-order chi connectivity index (χ1) is 14.7. The number of hydrogen-bond acceptors (Lipinski definition) is 6. The van der Waals surface area contributed by atoms with E-state index in [0.717, 1.165) is 0 Å². The van der Waals surface area contributed by atoms with Crippen molar-refractivity contribution in [1.29, 1.82) is 0 Å². The predicted octanol–water partition coefficient (Wildman–Crippen LogP) is 4.20. The number of amides is 1. The zero-order chi connectivity index (χ0) is 20.5. The molecule has 4 aromatic rings. The molecule has 8 heteroatoms. The first-order valence-electron chi connectivity index (χ1n) is 9.34. The smallest absolute Gasteiger partial charge is 0.273 e. The first-order valence-corrected chi connectivity index (χ1v) is 10.2. The Morgan fingerprint density at radius 3 is 2.73 bits per heavy atom. The number of para-hydroxylation sites is 3. The van der Waals surface area contributed by atoms with E-state index in [4.69, 9.17) is 9.47 Å². The second-order valence-electron chi connectivity index (χ2n) is 6.69. The fourth-order valence-corrected chi connectivity index (χ4v) is 4.21. The summed E-state index contributed by atoms with van der Waals surface area (Å²) in [7, 11) is 0. The van der Waals surface area contributed by atoms with Gasteiger partial charge in [0.25, 0.3) is 5.91 Å². The summed E-state index contributed by atoms with van der Waals surface area (Å²) in [5, 5.41) is 0.383. The zero-order valence-electron chi connectivity index (χ0n) is 15.7. The van der Waals surface area contributed by atoms with Crippen LogP contribution in [0.2, 0.25) is 0 Å². The van der Waals surface area contributed by atoms with Gasteiger partial charge in [-0.05, 0) is 36.4 Å². The van der Waals surface area contributed by atoms with E-state index in [2.05, 4.69) is 9.97 Å². The minimum absolute atomic E-state index is 0.0772. The summed E-state index contributed by atoms with van der Waals surface area (Å²) in [6, 6.07) is 17.4. The van der Waals surface area contributed by atoms with Gasteiger partial charge in [-0.3, -0.25) is 14.7 Å². The number of pyridine rings is 1. The van der Waals surface area contributed by atoms with Crippen LogP contribution in [0.25, 0.3) is 10.2 Å². The van der Waals surface area contributed by atoms with Gasteiger partial charge < -0.3 is 9.47 Å². The molecule has 0 bridgehead atoms. The van der Waals surface area contributed by atoms with Crippen LogP contribution in [0.3, 0.4) is 0 Å². The van der Waals surface area contributed by atoms with Crippen LogP contribution in [-0.2, 0) is 11.3 Å². The minimum Gasteiger partial charge on any atom is -0.485 e. The molecule has 1 aliphatic heterocycles. The normalized spacial score (nSPS) is 15.2. The maximum absolute atomic E-state index is 14.2. The van der Waals surface area contributed by atoms with Crippen LogP contribution in [-0.4, -0.2) is 28.6 Å². The van der Waals surface area contributed by atoms with Gasteiger partial charge in [0.1, 0.15) is 17.9 Å². The third-order valence-electron chi connectivity index (χ3n) is 4.69. The lowest BCUT2D eigenvalue weighted by atomic mass is 10.2. The third kappa shape index (κ3) is 3.46. The van der Waals surface area contributed by atoms with E-state index >= 15 is 0 Å². The molecule has 1 aliphatic rings. The molecule has 2 aromatic heterocycles. The van der Waals surface area contributed by atoms with Crippen LogP contribution in [0.4, 0.5) is 9.52 Å². The molecule has 5 rings (SSSR count). The number of fused-ring (bicyclic) bond motifs is 2. The highest BCUT2D eigenvalue weighted by molar-refractivity contribution is 7.22. The van der Waals surface area contributed by atoms with Crippen LogP contribution in [0.5, 0.6) is 11.5 Å². The lowest BCUT2D eigenvalue weighted by Crippen LogP contribution is -2.46. The second-order valence-corrected chi connectivity index (χ2v) is 7.70. The SMILES string of the molecule is O=C(C1COc2ccccc2O1)N(Cc1ccccn1)c1nc2c(F)cccc2s1. The molecule has 1 amide bonds. The van der Waals surface area contributed by atoms with E-state index in [0.29, 0.717) is 27.0 Å². The highest BCUT2D eigenvalue weighted by Gasteiger charge is 2.33. The van der Waals surface area contributed by atoms with Crippen molar-refractivity contribution in [1.82, 2.24) is 9.97 Å². The Bertz CT molecular complexity index is 1210. The van der Waals surface area contributed by atoms with Gasteiger partial charge >= 0.3 is 0 Å². The lowest BCUT2D eigenvalue weighted by molar-refractivity contribution is -0.127. The van der Waals surface area contributed by atoms with Crippen LogP contribution < -0.4 is 14.4 Å². The minimum atomic E-state index is -0.847. The van der Waals surface area contributed by atoms with Gasteiger partial charge in [0.05, 0.1) is 16.9 Å². The summed E-state index contributed by atoms with van der Waals surface area (Å²) in [6.45, 7) is 0.260. The highest BCUT2D eigenvalue weighted by atomic mass is 32.1. The average molecular weight is 421 g/mol. The summed E-state index contributed by atoms with van der Waals surface area (Å²) >= 11 is 1.25. The molecule has 1 atom stereocenters. The Morgan fingerprint density at radius 1 is 1.10 bits per heavy atom. The molecular formula is C22H16FN3O3S. The maximum atomic E-state index is 14.2. The number of anilines is 1. The number of halogens is 1. The van der Waals surface area contributed by atoms with Crippen LogP contribution >= 0.6 is 11.3 Å². The fourth-order valence-electron chi connectivity index (χ4n) is 3.23. The lowest BCUT2D eigenvalue weighted by Gasteiger charge is -2.29. The Hall–Kier alpha value is -3.52. The molecule has 3 heterocycles. The molecule has 0 fully saturated rings. The molecule has 1 unspecified atom stereocenters.